The van der Waals surface area contributed by atoms with Gasteiger partial charge in [-0.25, -0.2) is 0 Å². The van der Waals surface area contributed by atoms with Gasteiger partial charge in [0, 0.05) is 24.5 Å². The standard InChI is InChI=1S/C28H32N2O2/c1-19-15-27-26(20(2)17-28(3,4)30(27)5)16-21(19)18-29-22-7-9-24(10-8-22)32-25-13-11-23(31-6)12-14-25/h7-16,18,20H,17H2,1-6H3. The molecule has 0 saturated carbocycles. The number of anilines is 1. The highest BCUT2D eigenvalue weighted by Gasteiger charge is 2.34. The lowest BCUT2D eigenvalue weighted by molar-refractivity contribution is 0.395. The van der Waals surface area contributed by atoms with Crippen molar-refractivity contribution in [3.63, 3.8) is 0 Å². The zero-order valence-electron chi connectivity index (χ0n) is 19.8. The van der Waals surface area contributed by atoms with Crippen molar-refractivity contribution in [3.05, 3.63) is 77.4 Å². The van der Waals surface area contributed by atoms with Gasteiger partial charge in [0.05, 0.1) is 12.8 Å². The Balaban J connectivity index is 1.50. The number of nitrogens with zero attached hydrogens (tertiary/aromatic N) is 2. The molecule has 0 saturated heterocycles. The number of aryl methyl sites for hydroxylation is 1. The average Bonchev–Trinajstić information content (AvgIpc) is 2.78. The van der Waals surface area contributed by atoms with E-state index in [-0.39, 0.29) is 5.54 Å². The Labute approximate surface area is 191 Å². The molecule has 4 rings (SSSR count). The molecule has 4 heteroatoms. The Hall–Kier alpha value is -3.27. The van der Waals surface area contributed by atoms with Crippen LogP contribution in [0.25, 0.3) is 0 Å². The molecular weight excluding hydrogens is 396 g/mol. The summed E-state index contributed by atoms with van der Waals surface area (Å²) >= 11 is 0. The van der Waals surface area contributed by atoms with Crippen molar-refractivity contribution >= 4 is 17.6 Å². The van der Waals surface area contributed by atoms with Crippen molar-refractivity contribution in [1.29, 1.82) is 0 Å². The Morgan fingerprint density at radius 3 is 2.19 bits per heavy atom. The summed E-state index contributed by atoms with van der Waals surface area (Å²) in [7, 11) is 3.86. The van der Waals surface area contributed by atoms with Gasteiger partial charge in [-0.3, -0.25) is 4.99 Å². The van der Waals surface area contributed by atoms with Crippen LogP contribution in [-0.4, -0.2) is 25.9 Å². The number of ether oxygens (including phenoxy) is 2. The van der Waals surface area contributed by atoms with Gasteiger partial charge in [-0.2, -0.15) is 0 Å². The molecule has 0 N–H and O–H groups in total. The highest BCUT2D eigenvalue weighted by atomic mass is 16.5. The van der Waals surface area contributed by atoms with Gasteiger partial charge in [0.15, 0.2) is 0 Å². The first-order valence-corrected chi connectivity index (χ1v) is 11.1. The summed E-state index contributed by atoms with van der Waals surface area (Å²) in [5.74, 6) is 2.88. The topological polar surface area (TPSA) is 34.1 Å². The normalized spacial score (nSPS) is 17.3. The summed E-state index contributed by atoms with van der Waals surface area (Å²) in [6.07, 6.45) is 3.12. The number of aliphatic imine (C=N–C) groups is 1. The molecule has 0 aliphatic carbocycles. The maximum atomic E-state index is 5.90. The van der Waals surface area contributed by atoms with E-state index in [4.69, 9.17) is 14.5 Å². The molecule has 0 bridgehead atoms. The summed E-state index contributed by atoms with van der Waals surface area (Å²) in [6, 6.07) is 20.0. The Morgan fingerprint density at radius 1 is 0.969 bits per heavy atom. The lowest BCUT2D eigenvalue weighted by atomic mass is 9.79. The van der Waals surface area contributed by atoms with Crippen LogP contribution in [0.4, 0.5) is 11.4 Å². The molecule has 166 valence electrons. The van der Waals surface area contributed by atoms with Crippen LogP contribution in [0.2, 0.25) is 0 Å². The van der Waals surface area contributed by atoms with Gasteiger partial charge in [0.25, 0.3) is 0 Å². The molecule has 0 amide bonds. The largest absolute Gasteiger partial charge is 0.497 e. The molecule has 0 aromatic heterocycles. The molecule has 1 heterocycles. The summed E-state index contributed by atoms with van der Waals surface area (Å²) in [6.45, 7) is 9.12. The summed E-state index contributed by atoms with van der Waals surface area (Å²) < 4.78 is 11.1. The molecule has 1 aliphatic heterocycles. The predicted molar refractivity (Wildman–Crippen MR) is 133 cm³/mol. The van der Waals surface area contributed by atoms with Crippen LogP contribution in [0, 0.1) is 6.92 Å². The SMILES string of the molecule is COc1ccc(Oc2ccc(N=Cc3cc4c(cc3C)N(C)C(C)(C)CC4C)cc2)cc1. The third kappa shape index (κ3) is 4.50. The lowest BCUT2D eigenvalue weighted by Crippen LogP contribution is -2.45. The highest BCUT2D eigenvalue weighted by molar-refractivity contribution is 5.86. The minimum Gasteiger partial charge on any atom is -0.497 e. The molecule has 1 unspecified atom stereocenters. The van der Waals surface area contributed by atoms with Crippen LogP contribution in [0.5, 0.6) is 17.2 Å². The first-order valence-electron chi connectivity index (χ1n) is 11.1. The predicted octanol–water partition coefficient (Wildman–Crippen LogP) is 7.27. The fourth-order valence-electron chi connectivity index (χ4n) is 4.40. The monoisotopic (exact) mass is 428 g/mol. The Bertz CT molecular complexity index is 1120. The van der Waals surface area contributed by atoms with Crippen LogP contribution in [0.3, 0.4) is 0 Å². The van der Waals surface area contributed by atoms with Gasteiger partial charge in [-0.15, -0.1) is 0 Å². The summed E-state index contributed by atoms with van der Waals surface area (Å²) in [5, 5.41) is 0. The number of rotatable bonds is 5. The van der Waals surface area contributed by atoms with Crippen LogP contribution in [0.15, 0.2) is 65.7 Å². The number of hydrogen-bond donors (Lipinski definition) is 0. The van der Waals surface area contributed by atoms with E-state index in [0.29, 0.717) is 5.92 Å². The van der Waals surface area contributed by atoms with E-state index in [2.05, 4.69) is 51.8 Å². The van der Waals surface area contributed by atoms with E-state index < -0.39 is 0 Å². The van der Waals surface area contributed by atoms with E-state index >= 15 is 0 Å². The second-order valence-corrected chi connectivity index (χ2v) is 9.27. The van der Waals surface area contributed by atoms with Crippen LogP contribution in [-0.2, 0) is 0 Å². The van der Waals surface area contributed by atoms with Crippen molar-refractivity contribution in [3.8, 4) is 17.2 Å². The molecule has 0 spiro atoms. The van der Waals surface area contributed by atoms with Crippen LogP contribution in [0.1, 0.15) is 49.8 Å². The summed E-state index contributed by atoms with van der Waals surface area (Å²) in [5.41, 5.74) is 6.22. The van der Waals surface area contributed by atoms with Crippen molar-refractivity contribution in [2.45, 2.75) is 45.6 Å². The van der Waals surface area contributed by atoms with Gasteiger partial charge in [0.1, 0.15) is 17.2 Å². The maximum Gasteiger partial charge on any atom is 0.127 e. The fourth-order valence-corrected chi connectivity index (χ4v) is 4.40. The van der Waals surface area contributed by atoms with E-state index in [0.717, 1.165) is 29.4 Å². The number of fused-ring (bicyclic) bond motifs is 1. The molecule has 32 heavy (non-hydrogen) atoms. The molecule has 0 fully saturated rings. The second-order valence-electron chi connectivity index (χ2n) is 9.27. The smallest absolute Gasteiger partial charge is 0.127 e. The zero-order valence-corrected chi connectivity index (χ0v) is 19.8. The summed E-state index contributed by atoms with van der Waals surface area (Å²) in [4.78, 5) is 7.13. The lowest BCUT2D eigenvalue weighted by Gasteiger charge is -2.45. The van der Waals surface area contributed by atoms with E-state index in [1.807, 2.05) is 54.7 Å². The van der Waals surface area contributed by atoms with Gasteiger partial charge in [-0.05, 0) is 110 Å². The maximum absolute atomic E-state index is 5.90. The average molecular weight is 429 g/mol. The first kappa shape index (κ1) is 21.9. The molecule has 3 aromatic carbocycles. The van der Waals surface area contributed by atoms with Crippen LogP contribution >= 0.6 is 0 Å². The minimum absolute atomic E-state index is 0.171. The second kappa shape index (κ2) is 8.70. The van der Waals surface area contributed by atoms with E-state index in [1.165, 1.54) is 22.4 Å². The van der Waals surface area contributed by atoms with Gasteiger partial charge in [0.2, 0.25) is 0 Å². The van der Waals surface area contributed by atoms with Gasteiger partial charge in [-0.1, -0.05) is 6.92 Å². The van der Waals surface area contributed by atoms with Crippen molar-refractivity contribution in [1.82, 2.24) is 0 Å². The Morgan fingerprint density at radius 2 is 1.56 bits per heavy atom. The third-order valence-electron chi connectivity index (χ3n) is 6.51. The highest BCUT2D eigenvalue weighted by Crippen LogP contribution is 2.43. The number of benzene rings is 3. The quantitative estimate of drug-likeness (QED) is 0.401. The number of hydrogen-bond acceptors (Lipinski definition) is 4. The van der Waals surface area contributed by atoms with Gasteiger partial charge >= 0.3 is 0 Å². The van der Waals surface area contributed by atoms with E-state index in [1.54, 1.807) is 7.11 Å². The molecule has 0 radical (unpaired) electrons. The van der Waals surface area contributed by atoms with Crippen LogP contribution < -0.4 is 14.4 Å². The fraction of sp³-hybridized carbons (Fsp3) is 0.321. The van der Waals surface area contributed by atoms with Crippen molar-refractivity contribution in [2.75, 3.05) is 19.1 Å². The molecule has 1 aliphatic rings. The minimum atomic E-state index is 0.171. The van der Waals surface area contributed by atoms with Crippen molar-refractivity contribution in [2.24, 2.45) is 4.99 Å². The molecular formula is C28H32N2O2. The zero-order chi connectivity index (χ0) is 22.9. The van der Waals surface area contributed by atoms with Crippen molar-refractivity contribution < 1.29 is 9.47 Å². The molecule has 3 aromatic rings. The van der Waals surface area contributed by atoms with E-state index in [9.17, 15) is 0 Å². The first-order chi connectivity index (χ1) is 15.3. The molecule has 1 atom stereocenters. The van der Waals surface area contributed by atoms with Gasteiger partial charge < -0.3 is 14.4 Å². The molecule has 4 nitrogen and oxygen atoms in total. The Kier molecular flexibility index (Phi) is 5.96. The number of methoxy groups -OCH3 is 1. The third-order valence-corrected chi connectivity index (χ3v) is 6.51.